The molecule has 2 rings (SSSR count). The molecule has 0 fully saturated rings. The second-order valence-corrected chi connectivity index (χ2v) is 5.16. The maximum absolute atomic E-state index is 12.0. The number of carbonyl (C=O) groups excluding carboxylic acids is 2. The first-order chi connectivity index (χ1) is 11.0. The third-order valence-electron chi connectivity index (χ3n) is 2.63. The van der Waals surface area contributed by atoms with Gasteiger partial charge >= 0.3 is 12.0 Å². The van der Waals surface area contributed by atoms with E-state index in [0.717, 1.165) is 0 Å². The van der Waals surface area contributed by atoms with Gasteiger partial charge in [0.25, 0.3) is 0 Å². The van der Waals surface area contributed by atoms with Gasteiger partial charge in [-0.2, -0.15) is 5.10 Å². The van der Waals surface area contributed by atoms with E-state index in [1.54, 1.807) is 30.3 Å². The average Bonchev–Trinajstić information content (AvgIpc) is 2.48. The Balaban J connectivity index is 2.04. The molecule has 118 valence electrons. The molecule has 0 aliphatic carbocycles. The van der Waals surface area contributed by atoms with Crippen molar-refractivity contribution in [2.45, 2.75) is 0 Å². The van der Waals surface area contributed by atoms with Gasteiger partial charge in [0.05, 0.1) is 16.8 Å². The van der Waals surface area contributed by atoms with Crippen LogP contribution >= 0.6 is 23.2 Å². The number of hydrogen-bond donors (Lipinski definition) is 2. The van der Waals surface area contributed by atoms with Crippen molar-refractivity contribution in [2.24, 2.45) is 10.8 Å². The van der Waals surface area contributed by atoms with E-state index in [1.807, 2.05) is 0 Å². The Labute approximate surface area is 141 Å². The minimum absolute atomic E-state index is 0.212. The summed E-state index contributed by atoms with van der Waals surface area (Å²) in [6.07, 6.45) is 1.40. The molecular weight excluding hydrogens is 341 g/mol. The molecule has 2 amide bonds. The molecule has 0 bridgehead atoms. The van der Waals surface area contributed by atoms with Crippen LogP contribution in [0.25, 0.3) is 0 Å². The minimum atomic E-state index is -0.758. The Hall–Kier alpha value is -2.57. The van der Waals surface area contributed by atoms with Gasteiger partial charge in [-0.25, -0.2) is 15.0 Å². The lowest BCUT2D eigenvalue weighted by atomic mass is 10.2. The van der Waals surface area contributed by atoms with E-state index in [4.69, 9.17) is 33.7 Å². The van der Waals surface area contributed by atoms with Crippen LogP contribution in [-0.4, -0.2) is 18.2 Å². The number of esters is 1. The molecule has 0 aliphatic rings. The van der Waals surface area contributed by atoms with Gasteiger partial charge in [0.2, 0.25) is 0 Å². The van der Waals surface area contributed by atoms with E-state index >= 15 is 0 Å². The van der Waals surface area contributed by atoms with E-state index in [1.165, 1.54) is 18.3 Å². The number of rotatable bonds is 4. The molecule has 2 aromatic carbocycles. The quantitative estimate of drug-likeness (QED) is 0.383. The molecule has 0 spiro atoms. The lowest BCUT2D eigenvalue weighted by Gasteiger charge is -2.06. The zero-order chi connectivity index (χ0) is 16.8. The van der Waals surface area contributed by atoms with Crippen molar-refractivity contribution in [2.75, 3.05) is 0 Å². The van der Waals surface area contributed by atoms with E-state index in [9.17, 15) is 9.59 Å². The first kappa shape index (κ1) is 16.8. The summed E-state index contributed by atoms with van der Waals surface area (Å²) in [5.74, 6) is -0.260. The van der Waals surface area contributed by atoms with Crippen molar-refractivity contribution in [3.05, 3.63) is 63.6 Å². The number of amides is 2. The Bertz CT molecular complexity index is 761. The standard InChI is InChI=1S/C15H11Cl2N3O3/c16-10-3-6-12(13(17)7-10)14(21)23-11-4-1-9(2-5-11)8-19-20-15(18)22/h1-8H,(H3,18,20,22)/b19-8-. The van der Waals surface area contributed by atoms with E-state index < -0.39 is 12.0 Å². The van der Waals surface area contributed by atoms with Crippen LogP contribution in [0.3, 0.4) is 0 Å². The fourth-order valence-electron chi connectivity index (χ4n) is 1.61. The number of ether oxygens (including phenoxy) is 1. The number of hydrazone groups is 1. The Kier molecular flexibility index (Phi) is 5.56. The van der Waals surface area contributed by atoms with Crippen LogP contribution in [-0.2, 0) is 0 Å². The van der Waals surface area contributed by atoms with Crippen molar-refractivity contribution in [1.82, 2.24) is 5.43 Å². The summed E-state index contributed by atoms with van der Waals surface area (Å²) >= 11 is 11.7. The van der Waals surface area contributed by atoms with E-state index in [0.29, 0.717) is 16.3 Å². The summed E-state index contributed by atoms with van der Waals surface area (Å²) in [6.45, 7) is 0. The van der Waals surface area contributed by atoms with Crippen LogP contribution in [0.2, 0.25) is 10.0 Å². The number of nitrogens with zero attached hydrogens (tertiary/aromatic N) is 1. The monoisotopic (exact) mass is 351 g/mol. The SMILES string of the molecule is NC(=O)N/N=C\c1ccc(OC(=O)c2ccc(Cl)cc2Cl)cc1. The topological polar surface area (TPSA) is 93.8 Å². The zero-order valence-electron chi connectivity index (χ0n) is 11.6. The molecule has 3 N–H and O–H groups in total. The molecule has 0 heterocycles. The molecule has 0 radical (unpaired) electrons. The van der Waals surface area contributed by atoms with E-state index in [2.05, 4.69) is 10.5 Å². The van der Waals surface area contributed by atoms with Crippen LogP contribution in [0.15, 0.2) is 47.6 Å². The second kappa shape index (κ2) is 7.62. The zero-order valence-corrected chi connectivity index (χ0v) is 13.1. The second-order valence-electron chi connectivity index (χ2n) is 4.32. The molecule has 23 heavy (non-hydrogen) atoms. The summed E-state index contributed by atoms with van der Waals surface area (Å²) in [7, 11) is 0. The molecule has 0 saturated carbocycles. The summed E-state index contributed by atoms with van der Waals surface area (Å²) in [5.41, 5.74) is 7.84. The molecular formula is C15H11Cl2N3O3. The normalized spacial score (nSPS) is 10.5. The molecule has 6 nitrogen and oxygen atoms in total. The number of benzene rings is 2. The van der Waals surface area contributed by atoms with Crippen LogP contribution in [0.5, 0.6) is 5.75 Å². The fourth-order valence-corrected chi connectivity index (χ4v) is 2.10. The van der Waals surface area contributed by atoms with Gasteiger partial charge in [0.15, 0.2) is 0 Å². The molecule has 0 aliphatic heterocycles. The van der Waals surface area contributed by atoms with Gasteiger partial charge < -0.3 is 10.5 Å². The third-order valence-corrected chi connectivity index (χ3v) is 3.18. The Morgan fingerprint density at radius 2 is 1.83 bits per heavy atom. The van der Waals surface area contributed by atoms with Gasteiger partial charge in [0.1, 0.15) is 5.75 Å². The van der Waals surface area contributed by atoms with Crippen LogP contribution in [0.1, 0.15) is 15.9 Å². The van der Waals surface area contributed by atoms with Crippen molar-refractivity contribution < 1.29 is 14.3 Å². The first-order valence-corrected chi connectivity index (χ1v) is 7.07. The van der Waals surface area contributed by atoms with Crippen molar-refractivity contribution in [3.8, 4) is 5.75 Å². The predicted molar refractivity (Wildman–Crippen MR) is 88.2 cm³/mol. The number of carbonyl (C=O) groups is 2. The highest BCUT2D eigenvalue weighted by Gasteiger charge is 2.13. The highest BCUT2D eigenvalue weighted by molar-refractivity contribution is 6.36. The number of nitrogens with two attached hydrogens (primary N) is 1. The highest BCUT2D eigenvalue weighted by Crippen LogP contribution is 2.22. The van der Waals surface area contributed by atoms with Crippen molar-refractivity contribution >= 4 is 41.4 Å². The molecule has 0 aromatic heterocycles. The van der Waals surface area contributed by atoms with Gasteiger partial charge in [-0.3, -0.25) is 0 Å². The number of nitrogens with one attached hydrogen (secondary N) is 1. The predicted octanol–water partition coefficient (Wildman–Crippen LogP) is 3.21. The summed E-state index contributed by atoms with van der Waals surface area (Å²) in [5, 5.41) is 4.25. The van der Waals surface area contributed by atoms with Gasteiger partial charge in [-0.05, 0) is 48.0 Å². The third kappa shape index (κ3) is 4.98. The number of hydrogen-bond acceptors (Lipinski definition) is 4. The molecule has 8 heteroatoms. The highest BCUT2D eigenvalue weighted by atomic mass is 35.5. The smallest absolute Gasteiger partial charge is 0.345 e. The minimum Gasteiger partial charge on any atom is -0.423 e. The van der Waals surface area contributed by atoms with E-state index in [-0.39, 0.29) is 10.6 Å². The molecule has 0 atom stereocenters. The van der Waals surface area contributed by atoms with Gasteiger partial charge in [-0.15, -0.1) is 0 Å². The number of halogens is 2. The van der Waals surface area contributed by atoms with Gasteiger partial charge in [-0.1, -0.05) is 23.2 Å². The number of urea groups is 1. The summed E-state index contributed by atoms with van der Waals surface area (Å²) in [6, 6.07) is 10.2. The van der Waals surface area contributed by atoms with Crippen LogP contribution in [0.4, 0.5) is 4.79 Å². The largest absolute Gasteiger partial charge is 0.423 e. The first-order valence-electron chi connectivity index (χ1n) is 6.31. The average molecular weight is 352 g/mol. The number of primary amides is 1. The lowest BCUT2D eigenvalue weighted by molar-refractivity contribution is 0.0735. The molecule has 0 unspecified atom stereocenters. The van der Waals surface area contributed by atoms with Crippen molar-refractivity contribution in [3.63, 3.8) is 0 Å². The maximum atomic E-state index is 12.0. The molecule has 2 aromatic rings. The fraction of sp³-hybridized carbons (Fsp3) is 0. The summed E-state index contributed by atoms with van der Waals surface area (Å²) in [4.78, 5) is 22.5. The Morgan fingerprint density at radius 3 is 2.43 bits per heavy atom. The Morgan fingerprint density at radius 1 is 1.13 bits per heavy atom. The van der Waals surface area contributed by atoms with Crippen LogP contribution in [0, 0.1) is 0 Å². The van der Waals surface area contributed by atoms with Crippen LogP contribution < -0.4 is 15.9 Å². The maximum Gasteiger partial charge on any atom is 0.345 e. The lowest BCUT2D eigenvalue weighted by Crippen LogP contribution is -2.24. The summed E-state index contributed by atoms with van der Waals surface area (Å²) < 4.78 is 5.22. The van der Waals surface area contributed by atoms with Gasteiger partial charge in [0, 0.05) is 5.02 Å². The molecule has 0 saturated heterocycles. The van der Waals surface area contributed by atoms with Crippen molar-refractivity contribution in [1.29, 1.82) is 0 Å².